The number of hydrogen-bond acceptors (Lipinski definition) is 6. The summed E-state index contributed by atoms with van der Waals surface area (Å²) in [5, 5.41) is 20.3. The van der Waals surface area contributed by atoms with Crippen molar-refractivity contribution in [3.63, 3.8) is 0 Å². The van der Waals surface area contributed by atoms with Gasteiger partial charge >= 0.3 is 5.97 Å². The number of carboxylic acid groups (broad SMARTS) is 1. The summed E-state index contributed by atoms with van der Waals surface area (Å²) in [6.07, 6.45) is 0.491. The number of carboxylic acids is 1. The number of nitrogens with zero attached hydrogens (tertiary/aromatic N) is 5. The molecule has 1 atom stereocenters. The van der Waals surface area contributed by atoms with Crippen LogP contribution in [0.25, 0.3) is 10.7 Å². The maximum atomic E-state index is 10.8. The minimum atomic E-state index is -0.807. The van der Waals surface area contributed by atoms with Crippen LogP contribution in [-0.4, -0.2) is 36.3 Å². The van der Waals surface area contributed by atoms with E-state index in [4.69, 9.17) is 5.11 Å². The van der Waals surface area contributed by atoms with Gasteiger partial charge in [0.1, 0.15) is 0 Å². The Morgan fingerprint density at radius 1 is 1.61 bits per heavy atom. The van der Waals surface area contributed by atoms with E-state index in [1.165, 1.54) is 11.3 Å². The molecule has 18 heavy (non-hydrogen) atoms. The molecule has 0 spiro atoms. The molecule has 2 rings (SSSR count). The molecule has 0 aliphatic carbocycles. The summed E-state index contributed by atoms with van der Waals surface area (Å²) in [6.45, 7) is 4.04. The number of aryl methyl sites for hydroxylation is 2. The van der Waals surface area contributed by atoms with Crippen molar-refractivity contribution in [3.05, 3.63) is 11.2 Å². The minimum absolute atomic E-state index is 0.412. The van der Waals surface area contributed by atoms with Gasteiger partial charge in [0.2, 0.25) is 0 Å². The lowest BCUT2D eigenvalue weighted by molar-refractivity contribution is -0.141. The van der Waals surface area contributed by atoms with Gasteiger partial charge in [-0.15, -0.1) is 16.4 Å². The van der Waals surface area contributed by atoms with Crippen LogP contribution in [0.2, 0.25) is 0 Å². The molecule has 0 amide bonds. The fraction of sp³-hybridized carbons (Fsp3) is 0.500. The maximum absolute atomic E-state index is 10.8. The lowest BCUT2D eigenvalue weighted by Gasteiger charge is -2.06. The van der Waals surface area contributed by atoms with Crippen molar-refractivity contribution in [1.82, 2.24) is 25.2 Å². The number of aromatic nitrogens is 5. The molecule has 1 unspecified atom stereocenters. The van der Waals surface area contributed by atoms with E-state index in [0.29, 0.717) is 18.8 Å². The van der Waals surface area contributed by atoms with Gasteiger partial charge in [-0.1, -0.05) is 6.92 Å². The van der Waals surface area contributed by atoms with E-state index in [2.05, 4.69) is 20.5 Å². The molecule has 0 saturated carbocycles. The van der Waals surface area contributed by atoms with Crippen LogP contribution in [0.15, 0.2) is 5.51 Å². The summed E-state index contributed by atoms with van der Waals surface area (Å²) in [6, 6.07) is 0. The van der Waals surface area contributed by atoms with Crippen LogP contribution >= 0.6 is 11.3 Å². The van der Waals surface area contributed by atoms with E-state index >= 15 is 0 Å². The van der Waals surface area contributed by atoms with E-state index in [1.807, 2.05) is 6.92 Å². The van der Waals surface area contributed by atoms with Crippen LogP contribution in [-0.2, 0) is 11.3 Å². The third-order valence-corrected chi connectivity index (χ3v) is 3.60. The average molecular weight is 267 g/mol. The molecule has 0 fully saturated rings. The minimum Gasteiger partial charge on any atom is -0.481 e. The number of hydrogen-bond donors (Lipinski definition) is 1. The van der Waals surface area contributed by atoms with Crippen LogP contribution in [0.4, 0.5) is 0 Å². The van der Waals surface area contributed by atoms with Crippen molar-refractivity contribution in [2.45, 2.75) is 26.8 Å². The van der Waals surface area contributed by atoms with Crippen LogP contribution < -0.4 is 0 Å². The first-order valence-corrected chi connectivity index (χ1v) is 6.37. The second-order valence-electron chi connectivity index (χ2n) is 4.02. The molecule has 2 aromatic rings. The summed E-state index contributed by atoms with van der Waals surface area (Å²) >= 11 is 1.47. The van der Waals surface area contributed by atoms with E-state index in [-0.39, 0.29) is 0 Å². The fourth-order valence-corrected chi connectivity index (χ4v) is 2.26. The van der Waals surface area contributed by atoms with Crippen molar-refractivity contribution in [2.24, 2.45) is 5.92 Å². The van der Waals surface area contributed by atoms with E-state index in [0.717, 1.165) is 10.6 Å². The summed E-state index contributed by atoms with van der Waals surface area (Å²) in [4.78, 5) is 15.8. The zero-order valence-electron chi connectivity index (χ0n) is 10.1. The number of carbonyl (C=O) groups is 1. The van der Waals surface area contributed by atoms with Gasteiger partial charge in [-0.05, 0) is 23.8 Å². The van der Waals surface area contributed by atoms with Gasteiger partial charge in [-0.3, -0.25) is 4.79 Å². The predicted octanol–water partition coefficient (Wildman–Crippen LogP) is 1.22. The molecular weight excluding hydrogens is 254 g/mol. The molecule has 0 aliphatic rings. The zero-order valence-corrected chi connectivity index (χ0v) is 10.9. The molecule has 1 N–H and O–H groups in total. The van der Waals surface area contributed by atoms with Crippen molar-refractivity contribution in [3.8, 4) is 10.7 Å². The molecule has 2 aromatic heterocycles. The lowest BCUT2D eigenvalue weighted by atomic mass is 10.1. The van der Waals surface area contributed by atoms with E-state index in [9.17, 15) is 4.79 Å². The summed E-state index contributed by atoms with van der Waals surface area (Å²) in [7, 11) is 0. The lowest BCUT2D eigenvalue weighted by Crippen LogP contribution is -2.13. The topological polar surface area (TPSA) is 93.8 Å². The number of thiazole rings is 1. The van der Waals surface area contributed by atoms with Gasteiger partial charge in [0, 0.05) is 6.54 Å². The molecule has 8 heteroatoms. The van der Waals surface area contributed by atoms with Crippen molar-refractivity contribution < 1.29 is 9.90 Å². The summed E-state index contributed by atoms with van der Waals surface area (Å²) in [5.74, 6) is -0.573. The van der Waals surface area contributed by atoms with Crippen molar-refractivity contribution in [1.29, 1.82) is 0 Å². The van der Waals surface area contributed by atoms with Gasteiger partial charge in [0.15, 0.2) is 5.82 Å². The third-order valence-electron chi connectivity index (χ3n) is 2.68. The molecule has 0 bridgehead atoms. The highest BCUT2D eigenvalue weighted by molar-refractivity contribution is 7.13. The number of tetrazole rings is 1. The van der Waals surface area contributed by atoms with Gasteiger partial charge in [-0.2, -0.15) is 0 Å². The molecule has 96 valence electrons. The Morgan fingerprint density at radius 2 is 2.39 bits per heavy atom. The molecular formula is C10H13N5O2S. The molecule has 0 saturated heterocycles. The Labute approximate surface area is 107 Å². The molecule has 7 nitrogen and oxygen atoms in total. The first-order valence-electron chi connectivity index (χ1n) is 5.49. The van der Waals surface area contributed by atoms with Crippen LogP contribution in [0.1, 0.15) is 19.0 Å². The highest BCUT2D eigenvalue weighted by Crippen LogP contribution is 2.24. The Morgan fingerprint density at radius 3 is 3.00 bits per heavy atom. The predicted molar refractivity (Wildman–Crippen MR) is 65.1 cm³/mol. The van der Waals surface area contributed by atoms with Crippen LogP contribution in [0.5, 0.6) is 0 Å². The molecule has 0 aliphatic heterocycles. The third kappa shape index (κ3) is 2.53. The maximum Gasteiger partial charge on any atom is 0.306 e. The van der Waals surface area contributed by atoms with Gasteiger partial charge in [-0.25, -0.2) is 9.67 Å². The normalized spacial score (nSPS) is 12.6. The van der Waals surface area contributed by atoms with Crippen molar-refractivity contribution >= 4 is 17.3 Å². The van der Waals surface area contributed by atoms with Gasteiger partial charge < -0.3 is 5.11 Å². The highest BCUT2D eigenvalue weighted by atomic mass is 32.1. The Balaban J connectivity index is 2.14. The second-order valence-corrected chi connectivity index (χ2v) is 4.88. The summed E-state index contributed by atoms with van der Waals surface area (Å²) < 4.78 is 1.62. The summed E-state index contributed by atoms with van der Waals surface area (Å²) in [5.41, 5.74) is 2.62. The van der Waals surface area contributed by atoms with Crippen LogP contribution in [0.3, 0.4) is 0 Å². The largest absolute Gasteiger partial charge is 0.481 e. The molecule has 2 heterocycles. The van der Waals surface area contributed by atoms with Gasteiger partial charge in [0.25, 0.3) is 0 Å². The monoisotopic (exact) mass is 267 g/mol. The fourth-order valence-electron chi connectivity index (χ4n) is 1.47. The van der Waals surface area contributed by atoms with Crippen molar-refractivity contribution in [2.75, 3.05) is 0 Å². The van der Waals surface area contributed by atoms with Gasteiger partial charge in [0.05, 0.1) is 22.0 Å². The second kappa shape index (κ2) is 5.21. The SMILES string of the molecule is Cc1ncsc1-c1nnnn1CCC(C)C(=O)O. The quantitative estimate of drug-likeness (QED) is 0.875. The number of rotatable bonds is 5. The Kier molecular flexibility index (Phi) is 3.66. The molecule has 0 aromatic carbocycles. The highest BCUT2D eigenvalue weighted by Gasteiger charge is 2.16. The first kappa shape index (κ1) is 12.6. The Hall–Kier alpha value is -1.83. The van der Waals surface area contributed by atoms with E-state index in [1.54, 1.807) is 17.1 Å². The first-order chi connectivity index (χ1) is 8.59. The zero-order chi connectivity index (χ0) is 13.1. The van der Waals surface area contributed by atoms with Crippen LogP contribution in [0, 0.1) is 12.8 Å². The molecule has 0 radical (unpaired) electrons. The number of aliphatic carboxylic acids is 1. The van der Waals surface area contributed by atoms with E-state index < -0.39 is 11.9 Å². The average Bonchev–Trinajstić information content (AvgIpc) is 2.93. The smallest absolute Gasteiger partial charge is 0.306 e. The standard InChI is InChI=1S/C10H13N5O2S/c1-6(10(16)17)3-4-15-9(12-13-14-15)8-7(2)11-5-18-8/h5-6H,3-4H2,1-2H3,(H,16,17). The Bertz CT molecular complexity index is 550.